The highest BCUT2D eigenvalue weighted by molar-refractivity contribution is 7.80. The first-order chi connectivity index (χ1) is 7.52. The standard InChI is InChI=1S/C12H18N2OS/c1-8(2)13-12(16)14-10-5-6-11(15-4)9(3)7-10/h5-8H,1-4H3,(H2,13,14,16). The van der Waals surface area contributed by atoms with Gasteiger partial charge < -0.3 is 15.4 Å². The zero-order valence-electron chi connectivity index (χ0n) is 10.1. The lowest BCUT2D eigenvalue weighted by Gasteiger charge is -2.14. The van der Waals surface area contributed by atoms with Crippen molar-refractivity contribution in [1.82, 2.24) is 5.32 Å². The zero-order valence-corrected chi connectivity index (χ0v) is 10.9. The van der Waals surface area contributed by atoms with Crippen LogP contribution >= 0.6 is 12.2 Å². The minimum absolute atomic E-state index is 0.333. The number of methoxy groups -OCH3 is 1. The van der Waals surface area contributed by atoms with Gasteiger partial charge in [-0.25, -0.2) is 0 Å². The van der Waals surface area contributed by atoms with Crippen LogP contribution in [0, 0.1) is 6.92 Å². The average molecular weight is 238 g/mol. The molecule has 0 atom stereocenters. The monoisotopic (exact) mass is 238 g/mol. The summed E-state index contributed by atoms with van der Waals surface area (Å²) in [5.74, 6) is 0.883. The van der Waals surface area contributed by atoms with Crippen molar-refractivity contribution in [1.29, 1.82) is 0 Å². The molecule has 16 heavy (non-hydrogen) atoms. The highest BCUT2D eigenvalue weighted by Gasteiger charge is 2.02. The Morgan fingerprint density at radius 2 is 2.06 bits per heavy atom. The summed E-state index contributed by atoms with van der Waals surface area (Å²) in [5, 5.41) is 6.90. The number of aryl methyl sites for hydroxylation is 1. The van der Waals surface area contributed by atoms with Gasteiger partial charge in [-0.1, -0.05) is 0 Å². The van der Waals surface area contributed by atoms with Crippen molar-refractivity contribution in [3.8, 4) is 5.75 Å². The van der Waals surface area contributed by atoms with Crippen LogP contribution in [-0.2, 0) is 0 Å². The van der Waals surface area contributed by atoms with Crippen LogP contribution in [0.15, 0.2) is 18.2 Å². The summed E-state index contributed by atoms with van der Waals surface area (Å²) in [4.78, 5) is 0. The Morgan fingerprint density at radius 3 is 2.56 bits per heavy atom. The molecule has 0 heterocycles. The molecule has 0 aliphatic carbocycles. The van der Waals surface area contributed by atoms with Crippen molar-refractivity contribution in [3.63, 3.8) is 0 Å². The SMILES string of the molecule is COc1ccc(NC(=S)NC(C)C)cc1C. The van der Waals surface area contributed by atoms with Crippen molar-refractivity contribution in [2.75, 3.05) is 12.4 Å². The Morgan fingerprint density at radius 1 is 1.38 bits per heavy atom. The van der Waals surface area contributed by atoms with Crippen molar-refractivity contribution in [2.45, 2.75) is 26.8 Å². The molecule has 0 amide bonds. The van der Waals surface area contributed by atoms with Gasteiger partial charge in [0.1, 0.15) is 5.75 Å². The van der Waals surface area contributed by atoms with Crippen LogP contribution in [0.5, 0.6) is 5.75 Å². The van der Waals surface area contributed by atoms with Crippen LogP contribution in [0.2, 0.25) is 0 Å². The Bertz CT molecular complexity index is 377. The lowest BCUT2D eigenvalue weighted by molar-refractivity contribution is 0.412. The molecular formula is C12H18N2OS. The molecule has 1 rings (SSSR count). The highest BCUT2D eigenvalue weighted by Crippen LogP contribution is 2.21. The topological polar surface area (TPSA) is 33.3 Å². The van der Waals surface area contributed by atoms with Gasteiger partial charge in [0, 0.05) is 11.7 Å². The Labute approximate surface area is 102 Å². The zero-order chi connectivity index (χ0) is 12.1. The van der Waals surface area contributed by atoms with Crippen LogP contribution in [0.4, 0.5) is 5.69 Å². The molecule has 88 valence electrons. The van der Waals surface area contributed by atoms with E-state index in [1.807, 2.05) is 39.0 Å². The number of ether oxygens (including phenoxy) is 1. The number of hydrogen-bond acceptors (Lipinski definition) is 2. The van der Waals surface area contributed by atoms with Gasteiger partial charge in [0.25, 0.3) is 0 Å². The molecule has 4 heteroatoms. The van der Waals surface area contributed by atoms with E-state index >= 15 is 0 Å². The van der Waals surface area contributed by atoms with E-state index in [9.17, 15) is 0 Å². The van der Waals surface area contributed by atoms with Gasteiger partial charge in [-0.05, 0) is 56.8 Å². The van der Waals surface area contributed by atoms with Gasteiger partial charge in [0.2, 0.25) is 0 Å². The second-order valence-corrected chi connectivity index (χ2v) is 4.35. The molecule has 0 saturated carbocycles. The number of rotatable bonds is 3. The normalized spacial score (nSPS) is 10.1. The van der Waals surface area contributed by atoms with E-state index in [-0.39, 0.29) is 0 Å². The van der Waals surface area contributed by atoms with Gasteiger partial charge >= 0.3 is 0 Å². The molecule has 2 N–H and O–H groups in total. The summed E-state index contributed by atoms with van der Waals surface area (Å²) in [7, 11) is 1.67. The quantitative estimate of drug-likeness (QED) is 0.793. The predicted molar refractivity (Wildman–Crippen MR) is 72.2 cm³/mol. The number of nitrogens with one attached hydrogen (secondary N) is 2. The molecule has 0 radical (unpaired) electrons. The molecule has 3 nitrogen and oxygen atoms in total. The molecule has 1 aromatic carbocycles. The summed E-state index contributed by atoms with van der Waals surface area (Å²) in [6.45, 7) is 6.10. The number of anilines is 1. The minimum Gasteiger partial charge on any atom is -0.496 e. The maximum atomic E-state index is 5.19. The molecule has 0 aliphatic rings. The van der Waals surface area contributed by atoms with E-state index in [4.69, 9.17) is 17.0 Å². The van der Waals surface area contributed by atoms with Crippen molar-refractivity contribution >= 4 is 23.0 Å². The fourth-order valence-electron chi connectivity index (χ4n) is 1.39. The lowest BCUT2D eigenvalue weighted by atomic mass is 10.2. The van der Waals surface area contributed by atoms with E-state index in [1.165, 1.54) is 0 Å². The van der Waals surface area contributed by atoms with Gasteiger partial charge in [0.15, 0.2) is 5.11 Å². The van der Waals surface area contributed by atoms with E-state index in [0.29, 0.717) is 11.2 Å². The van der Waals surface area contributed by atoms with Crippen LogP contribution in [0.3, 0.4) is 0 Å². The minimum atomic E-state index is 0.333. The molecule has 1 aromatic rings. The summed E-state index contributed by atoms with van der Waals surface area (Å²) in [5.41, 5.74) is 2.05. The van der Waals surface area contributed by atoms with Crippen molar-refractivity contribution in [3.05, 3.63) is 23.8 Å². The predicted octanol–water partition coefficient (Wildman–Crippen LogP) is 2.70. The van der Waals surface area contributed by atoms with Crippen LogP contribution < -0.4 is 15.4 Å². The molecule has 0 bridgehead atoms. The summed E-state index contributed by atoms with van der Waals surface area (Å²) < 4.78 is 5.19. The Balaban J connectivity index is 2.68. The average Bonchev–Trinajstić information content (AvgIpc) is 2.16. The summed E-state index contributed by atoms with van der Waals surface area (Å²) in [6.07, 6.45) is 0. The molecule has 0 spiro atoms. The third kappa shape index (κ3) is 3.70. The molecule has 0 unspecified atom stereocenters. The molecule has 0 saturated heterocycles. The fraction of sp³-hybridized carbons (Fsp3) is 0.417. The number of hydrogen-bond donors (Lipinski definition) is 2. The van der Waals surface area contributed by atoms with E-state index in [0.717, 1.165) is 17.0 Å². The van der Waals surface area contributed by atoms with Crippen molar-refractivity contribution in [2.24, 2.45) is 0 Å². The maximum Gasteiger partial charge on any atom is 0.170 e. The molecular weight excluding hydrogens is 220 g/mol. The van der Waals surface area contributed by atoms with E-state index in [2.05, 4.69) is 10.6 Å². The second kappa shape index (κ2) is 5.70. The van der Waals surface area contributed by atoms with Gasteiger partial charge in [0.05, 0.1) is 7.11 Å². The first kappa shape index (κ1) is 12.8. The fourth-order valence-corrected chi connectivity index (χ4v) is 1.74. The molecule has 0 fully saturated rings. The van der Waals surface area contributed by atoms with Crippen LogP contribution in [0.1, 0.15) is 19.4 Å². The summed E-state index contributed by atoms with van der Waals surface area (Å²) >= 11 is 5.16. The Kier molecular flexibility index (Phi) is 4.55. The molecule has 0 aliphatic heterocycles. The second-order valence-electron chi connectivity index (χ2n) is 3.94. The highest BCUT2D eigenvalue weighted by atomic mass is 32.1. The third-order valence-corrected chi connectivity index (χ3v) is 2.29. The first-order valence-corrected chi connectivity index (χ1v) is 5.66. The van der Waals surface area contributed by atoms with Gasteiger partial charge in [-0.15, -0.1) is 0 Å². The van der Waals surface area contributed by atoms with E-state index < -0.39 is 0 Å². The first-order valence-electron chi connectivity index (χ1n) is 5.25. The van der Waals surface area contributed by atoms with Crippen LogP contribution in [-0.4, -0.2) is 18.3 Å². The van der Waals surface area contributed by atoms with Gasteiger partial charge in [-0.2, -0.15) is 0 Å². The van der Waals surface area contributed by atoms with Crippen molar-refractivity contribution < 1.29 is 4.74 Å². The van der Waals surface area contributed by atoms with Gasteiger partial charge in [-0.3, -0.25) is 0 Å². The Hall–Kier alpha value is -1.29. The maximum absolute atomic E-state index is 5.19. The van der Waals surface area contributed by atoms with E-state index in [1.54, 1.807) is 7.11 Å². The number of thiocarbonyl (C=S) groups is 1. The third-order valence-electron chi connectivity index (χ3n) is 2.07. The number of benzene rings is 1. The van der Waals surface area contributed by atoms with Crippen LogP contribution in [0.25, 0.3) is 0 Å². The summed E-state index contributed by atoms with van der Waals surface area (Å²) in [6, 6.07) is 6.21. The molecule has 0 aromatic heterocycles. The largest absolute Gasteiger partial charge is 0.496 e. The smallest absolute Gasteiger partial charge is 0.170 e. The lowest BCUT2D eigenvalue weighted by Crippen LogP contribution is -2.33.